The Bertz CT molecular complexity index is 1490. The molecule has 2 bridgehead atoms. The van der Waals surface area contributed by atoms with Gasteiger partial charge in [-0.2, -0.15) is 0 Å². The zero-order valence-corrected chi connectivity index (χ0v) is 17.8. The lowest BCUT2D eigenvalue weighted by molar-refractivity contribution is -0.384. The van der Waals surface area contributed by atoms with Crippen molar-refractivity contribution in [2.45, 2.75) is 25.6 Å². The molecule has 0 saturated heterocycles. The van der Waals surface area contributed by atoms with E-state index >= 15 is 0 Å². The summed E-state index contributed by atoms with van der Waals surface area (Å²) in [6.07, 6.45) is 1.40. The summed E-state index contributed by atoms with van der Waals surface area (Å²) in [6, 6.07) is 10.2. The molecule has 0 saturated carbocycles. The third kappa shape index (κ3) is 2.87. The molecule has 0 fully saturated rings. The number of non-ortho nitro benzene ring substituents is 1. The quantitative estimate of drug-likeness (QED) is 0.479. The van der Waals surface area contributed by atoms with Crippen molar-refractivity contribution in [2.24, 2.45) is 10.9 Å². The molecule has 162 valence electrons. The molecule has 0 aliphatic carbocycles. The Morgan fingerprint density at radius 1 is 1.34 bits per heavy atom. The van der Waals surface area contributed by atoms with E-state index in [9.17, 15) is 24.8 Å². The van der Waals surface area contributed by atoms with E-state index in [1.807, 2.05) is 18.2 Å². The third-order valence-corrected chi connectivity index (χ3v) is 6.81. The summed E-state index contributed by atoms with van der Waals surface area (Å²) in [7, 11) is 0. The van der Waals surface area contributed by atoms with Gasteiger partial charge in [-0.3, -0.25) is 24.3 Å². The summed E-state index contributed by atoms with van der Waals surface area (Å²) in [5.41, 5.74) is -0.917. The van der Waals surface area contributed by atoms with Gasteiger partial charge < -0.3 is 9.84 Å². The molecule has 0 amide bonds. The predicted octanol–water partition coefficient (Wildman–Crippen LogP) is 1.89. The second-order valence-corrected chi connectivity index (χ2v) is 8.92. The molecule has 3 heterocycles. The topological polar surface area (TPSA) is 124 Å². The van der Waals surface area contributed by atoms with Gasteiger partial charge in [0.1, 0.15) is 23.2 Å². The van der Waals surface area contributed by atoms with E-state index in [4.69, 9.17) is 4.74 Å². The van der Waals surface area contributed by atoms with Gasteiger partial charge in [-0.25, -0.2) is 4.99 Å². The second kappa shape index (κ2) is 6.86. The molecule has 2 aromatic carbocycles. The number of rotatable bonds is 3. The van der Waals surface area contributed by atoms with Gasteiger partial charge in [0.2, 0.25) is 5.72 Å². The van der Waals surface area contributed by atoms with Crippen molar-refractivity contribution in [2.75, 3.05) is 0 Å². The van der Waals surface area contributed by atoms with Crippen LogP contribution in [0.4, 0.5) is 5.69 Å². The molecule has 3 aromatic rings. The number of hydrogen-bond acceptors (Lipinski definition) is 8. The second-order valence-electron chi connectivity index (χ2n) is 7.91. The van der Waals surface area contributed by atoms with Crippen LogP contribution in [0.25, 0.3) is 6.08 Å². The Balaban J connectivity index is 1.79. The molecule has 3 atom stereocenters. The summed E-state index contributed by atoms with van der Waals surface area (Å²) in [5, 5.41) is 21.3. The van der Waals surface area contributed by atoms with Crippen LogP contribution < -0.4 is 19.6 Å². The van der Waals surface area contributed by atoms with E-state index in [1.54, 1.807) is 13.0 Å². The number of aromatic hydroxyl groups is 1. The fourth-order valence-corrected chi connectivity index (χ4v) is 5.56. The third-order valence-electron chi connectivity index (χ3n) is 5.83. The van der Waals surface area contributed by atoms with Crippen LogP contribution in [-0.2, 0) is 4.79 Å². The number of fused-ring (bicyclic) bond motifs is 6. The monoisotopic (exact) mass is 451 g/mol. The fraction of sp³-hybridized carbons (Fsp3) is 0.227. The van der Waals surface area contributed by atoms with Gasteiger partial charge in [0.15, 0.2) is 4.80 Å². The molecule has 0 spiro atoms. The Morgan fingerprint density at radius 3 is 2.81 bits per heavy atom. The van der Waals surface area contributed by atoms with E-state index in [0.29, 0.717) is 16.1 Å². The van der Waals surface area contributed by atoms with Crippen molar-refractivity contribution in [3.63, 3.8) is 0 Å². The minimum Gasteiger partial charge on any atom is -0.507 e. The Kier molecular flexibility index (Phi) is 4.31. The van der Waals surface area contributed by atoms with Gasteiger partial charge in [-0.05, 0) is 32.1 Å². The van der Waals surface area contributed by atoms with Gasteiger partial charge in [0, 0.05) is 23.3 Å². The normalized spacial score (nSPS) is 23.5. The van der Waals surface area contributed by atoms with Gasteiger partial charge in [-0.1, -0.05) is 29.5 Å². The Morgan fingerprint density at radius 2 is 2.09 bits per heavy atom. The van der Waals surface area contributed by atoms with Crippen LogP contribution in [0.3, 0.4) is 0 Å². The number of nitrogens with zero attached hydrogens (tertiary/aromatic N) is 3. The number of aromatic nitrogens is 1. The zero-order chi connectivity index (χ0) is 22.8. The van der Waals surface area contributed by atoms with Crippen LogP contribution in [0.2, 0.25) is 0 Å². The first kappa shape index (κ1) is 20.1. The first-order chi connectivity index (χ1) is 15.2. The maximum Gasteiger partial charge on any atom is 0.270 e. The van der Waals surface area contributed by atoms with Crippen LogP contribution >= 0.6 is 11.3 Å². The zero-order valence-electron chi connectivity index (χ0n) is 17.0. The number of nitro groups is 1. The summed E-state index contributed by atoms with van der Waals surface area (Å²) in [6.45, 7) is 3.19. The lowest BCUT2D eigenvalue weighted by Gasteiger charge is -2.45. The molecule has 0 unspecified atom stereocenters. The number of nitro benzene ring substituents is 1. The maximum atomic E-state index is 13.4. The number of carbonyl (C=O) groups is 1. The molecule has 5 rings (SSSR count). The number of phenols is 1. The standard InChI is InChI=1S/C22H17N3O6S/c1-11(26)18-19-14-5-3-4-6-16(14)31-22(18,2)23-21-24(19)20(28)17(32-21)10-12-9-13(25(29)30)7-8-15(12)27/h3-10,18-19,27H,1-2H3/b17-10-/t18-,19-,22-/m0/s1. The molecule has 2 aliphatic rings. The molecule has 32 heavy (non-hydrogen) atoms. The van der Waals surface area contributed by atoms with Gasteiger partial charge in [-0.15, -0.1) is 0 Å². The van der Waals surface area contributed by atoms with Crippen molar-refractivity contribution >= 4 is 28.9 Å². The van der Waals surface area contributed by atoms with Crippen LogP contribution in [0, 0.1) is 16.0 Å². The highest BCUT2D eigenvalue weighted by Gasteiger charge is 2.53. The van der Waals surface area contributed by atoms with Gasteiger partial charge >= 0.3 is 0 Å². The number of Topliss-reactive ketones (excluding diaryl/α,β-unsaturated/α-hetero) is 1. The fourth-order valence-electron chi connectivity index (χ4n) is 4.47. The van der Waals surface area contributed by atoms with Crippen molar-refractivity contribution in [3.8, 4) is 11.5 Å². The lowest BCUT2D eigenvalue weighted by atomic mass is 9.79. The minimum absolute atomic E-state index is 0.143. The number of carbonyl (C=O) groups excluding carboxylic acids is 1. The van der Waals surface area contributed by atoms with Crippen molar-refractivity contribution < 1.29 is 19.6 Å². The van der Waals surface area contributed by atoms with E-state index in [-0.39, 0.29) is 27.3 Å². The van der Waals surface area contributed by atoms with Crippen LogP contribution in [0.15, 0.2) is 52.3 Å². The van der Waals surface area contributed by atoms with E-state index in [0.717, 1.165) is 11.3 Å². The molecule has 0 radical (unpaired) electrons. The Hall–Kier alpha value is -3.79. The number of phenolic OH excluding ortho intramolecular Hbond substituents is 1. The SMILES string of the molecule is CC(=O)[C@H]1[C@@H]2c3ccccc3O[C@]1(C)N=c1s/c(=C\c3cc([N+](=O)[O-])ccc3O)c(=O)n12. The average Bonchev–Trinajstić information content (AvgIpc) is 3.02. The van der Waals surface area contributed by atoms with Crippen LogP contribution in [0.1, 0.15) is 31.0 Å². The Labute approximate surface area is 184 Å². The first-order valence-electron chi connectivity index (χ1n) is 9.78. The highest BCUT2D eigenvalue weighted by atomic mass is 32.1. The number of hydrogen-bond donors (Lipinski definition) is 1. The van der Waals surface area contributed by atoms with Crippen LogP contribution in [0.5, 0.6) is 11.5 Å². The summed E-state index contributed by atoms with van der Waals surface area (Å²) >= 11 is 1.08. The van der Waals surface area contributed by atoms with Crippen molar-refractivity contribution in [1.29, 1.82) is 0 Å². The maximum absolute atomic E-state index is 13.4. The lowest BCUT2D eigenvalue weighted by Crippen LogP contribution is -2.58. The van der Waals surface area contributed by atoms with Crippen molar-refractivity contribution in [3.05, 3.63) is 83.4 Å². The minimum atomic E-state index is -1.17. The highest BCUT2D eigenvalue weighted by molar-refractivity contribution is 7.07. The average molecular weight is 451 g/mol. The molecule has 1 aromatic heterocycles. The number of benzene rings is 2. The number of thiazole rings is 1. The molecular weight excluding hydrogens is 434 g/mol. The summed E-state index contributed by atoms with van der Waals surface area (Å²) in [4.78, 5) is 41.6. The largest absolute Gasteiger partial charge is 0.507 e. The molecular formula is C22H17N3O6S. The summed E-state index contributed by atoms with van der Waals surface area (Å²) in [5.74, 6) is -0.478. The smallest absolute Gasteiger partial charge is 0.270 e. The van der Waals surface area contributed by atoms with E-state index in [1.165, 1.54) is 35.8 Å². The van der Waals surface area contributed by atoms with Gasteiger partial charge in [0.05, 0.1) is 15.5 Å². The highest BCUT2D eigenvalue weighted by Crippen LogP contribution is 2.47. The molecule has 1 N–H and O–H groups in total. The first-order valence-corrected chi connectivity index (χ1v) is 10.6. The van der Waals surface area contributed by atoms with Crippen molar-refractivity contribution in [1.82, 2.24) is 4.57 Å². The molecule has 10 heteroatoms. The predicted molar refractivity (Wildman–Crippen MR) is 115 cm³/mol. The summed E-state index contributed by atoms with van der Waals surface area (Å²) < 4.78 is 7.85. The molecule has 2 aliphatic heterocycles. The number of ketones is 1. The van der Waals surface area contributed by atoms with Crippen LogP contribution in [-0.4, -0.2) is 26.1 Å². The van der Waals surface area contributed by atoms with E-state index in [2.05, 4.69) is 4.99 Å². The molecule has 9 nitrogen and oxygen atoms in total. The van der Waals surface area contributed by atoms with E-state index < -0.39 is 28.2 Å². The van der Waals surface area contributed by atoms with Gasteiger partial charge in [0.25, 0.3) is 11.2 Å². The number of para-hydroxylation sites is 1. The number of ether oxygens (including phenoxy) is 1.